The van der Waals surface area contributed by atoms with E-state index in [4.69, 9.17) is 4.98 Å². The van der Waals surface area contributed by atoms with Crippen molar-refractivity contribution in [2.75, 3.05) is 50.0 Å². The van der Waals surface area contributed by atoms with Gasteiger partial charge in [0.2, 0.25) is 11.9 Å². The maximum absolute atomic E-state index is 12.0. The van der Waals surface area contributed by atoms with Gasteiger partial charge in [-0.05, 0) is 44.5 Å². The maximum atomic E-state index is 12.0. The van der Waals surface area contributed by atoms with E-state index in [1.54, 1.807) is 0 Å². The largest absolute Gasteiger partial charge is 0.356 e. The molecule has 9 heteroatoms. The van der Waals surface area contributed by atoms with E-state index in [1.807, 2.05) is 36.8 Å². The molecule has 3 aromatic rings. The lowest BCUT2D eigenvalue weighted by molar-refractivity contribution is -0.127. The SMILES string of the molecule is CN1CCN(c2ccc(Nc3ncc4ccn(CCCNC(=O)C5CCC5)c4n3)cn2)CC1. The first-order valence-electron chi connectivity index (χ1n) is 11.9. The van der Waals surface area contributed by atoms with Gasteiger partial charge in [-0.25, -0.2) is 9.97 Å². The van der Waals surface area contributed by atoms with E-state index >= 15 is 0 Å². The Kier molecular flexibility index (Phi) is 6.39. The molecule has 2 fully saturated rings. The molecule has 0 spiro atoms. The third kappa shape index (κ3) is 5.08. The second kappa shape index (κ2) is 9.74. The number of nitrogens with one attached hydrogen (secondary N) is 2. The van der Waals surface area contributed by atoms with Crippen molar-refractivity contribution in [1.29, 1.82) is 0 Å². The van der Waals surface area contributed by atoms with Gasteiger partial charge in [0.1, 0.15) is 11.5 Å². The summed E-state index contributed by atoms with van der Waals surface area (Å²) in [5.41, 5.74) is 1.75. The number of carbonyl (C=O) groups is 1. The highest BCUT2D eigenvalue weighted by atomic mass is 16.1. The molecule has 1 saturated heterocycles. The van der Waals surface area contributed by atoms with Gasteiger partial charge in [0.05, 0.1) is 11.9 Å². The molecule has 5 rings (SSSR count). The van der Waals surface area contributed by atoms with Crippen LogP contribution in [0.1, 0.15) is 25.7 Å². The monoisotopic (exact) mass is 448 g/mol. The standard InChI is InChI=1S/C24H32N8O/c1-30-12-14-31(15-13-30)21-7-6-20(17-26-21)28-24-27-16-19-8-11-32(22(19)29-24)10-3-9-25-23(33)18-4-2-5-18/h6-8,11,16-18H,2-5,9-10,12-15H2,1H3,(H,25,33)(H,27,28,29). The summed E-state index contributed by atoms with van der Waals surface area (Å²) in [6.07, 6.45) is 9.83. The molecule has 9 nitrogen and oxygen atoms in total. The molecule has 0 aromatic carbocycles. The Morgan fingerprint density at radius 3 is 2.67 bits per heavy atom. The van der Waals surface area contributed by atoms with Gasteiger partial charge in [-0.1, -0.05) is 6.42 Å². The number of rotatable bonds is 8. The van der Waals surface area contributed by atoms with Crippen LogP contribution in [0.5, 0.6) is 0 Å². The van der Waals surface area contributed by atoms with Gasteiger partial charge >= 0.3 is 0 Å². The van der Waals surface area contributed by atoms with Crippen molar-refractivity contribution in [2.24, 2.45) is 5.92 Å². The van der Waals surface area contributed by atoms with Gasteiger partial charge in [-0.2, -0.15) is 4.98 Å². The first kappa shape index (κ1) is 21.6. The summed E-state index contributed by atoms with van der Waals surface area (Å²) in [4.78, 5) is 30.4. The normalized spacial score (nSPS) is 17.2. The number of aryl methyl sites for hydroxylation is 1. The van der Waals surface area contributed by atoms with Crippen molar-refractivity contribution in [3.8, 4) is 0 Å². The Morgan fingerprint density at radius 1 is 1.09 bits per heavy atom. The van der Waals surface area contributed by atoms with E-state index in [0.29, 0.717) is 12.5 Å². The number of likely N-dealkylation sites (N-methyl/N-ethyl adjacent to an activating group) is 1. The number of piperazine rings is 1. The van der Waals surface area contributed by atoms with E-state index in [1.165, 1.54) is 6.42 Å². The topological polar surface area (TPSA) is 91.2 Å². The molecule has 0 atom stereocenters. The number of hydrogen-bond donors (Lipinski definition) is 2. The Morgan fingerprint density at radius 2 is 1.94 bits per heavy atom. The Bertz CT molecular complexity index is 1080. The molecule has 0 unspecified atom stereocenters. The molecular formula is C24H32N8O. The van der Waals surface area contributed by atoms with Crippen LogP contribution >= 0.6 is 0 Å². The molecule has 1 amide bonds. The zero-order valence-electron chi connectivity index (χ0n) is 19.2. The summed E-state index contributed by atoms with van der Waals surface area (Å²) in [6, 6.07) is 6.10. The highest BCUT2D eigenvalue weighted by molar-refractivity contribution is 5.79. The maximum Gasteiger partial charge on any atom is 0.229 e. The molecule has 4 heterocycles. The number of hydrogen-bond acceptors (Lipinski definition) is 7. The quantitative estimate of drug-likeness (QED) is 0.512. The van der Waals surface area contributed by atoms with Gasteiger partial charge in [0.15, 0.2) is 0 Å². The summed E-state index contributed by atoms with van der Waals surface area (Å²) in [6.45, 7) is 5.60. The van der Waals surface area contributed by atoms with Crippen LogP contribution in [0.25, 0.3) is 11.0 Å². The molecule has 3 aromatic heterocycles. The van der Waals surface area contributed by atoms with Crippen molar-refractivity contribution in [3.05, 3.63) is 36.8 Å². The highest BCUT2D eigenvalue weighted by Gasteiger charge is 2.24. The number of aromatic nitrogens is 4. The number of carbonyl (C=O) groups excluding carboxylic acids is 1. The van der Waals surface area contributed by atoms with E-state index in [9.17, 15) is 4.79 Å². The summed E-state index contributed by atoms with van der Waals surface area (Å²) in [5.74, 6) is 2.00. The van der Waals surface area contributed by atoms with Gasteiger partial charge < -0.3 is 25.0 Å². The zero-order chi connectivity index (χ0) is 22.6. The van der Waals surface area contributed by atoms with Crippen molar-refractivity contribution in [1.82, 2.24) is 29.7 Å². The predicted molar refractivity (Wildman–Crippen MR) is 130 cm³/mol. The van der Waals surface area contributed by atoms with Gasteiger partial charge in [0.25, 0.3) is 0 Å². The average molecular weight is 449 g/mol. The van der Waals surface area contributed by atoms with Gasteiger partial charge in [-0.15, -0.1) is 0 Å². The van der Waals surface area contributed by atoms with Crippen LogP contribution < -0.4 is 15.5 Å². The summed E-state index contributed by atoms with van der Waals surface area (Å²) < 4.78 is 2.12. The molecule has 33 heavy (non-hydrogen) atoms. The zero-order valence-corrected chi connectivity index (χ0v) is 19.2. The molecule has 1 saturated carbocycles. The van der Waals surface area contributed by atoms with Gasteiger partial charge in [-0.3, -0.25) is 4.79 Å². The second-order valence-corrected chi connectivity index (χ2v) is 9.07. The van der Waals surface area contributed by atoms with Crippen LogP contribution in [0.3, 0.4) is 0 Å². The van der Waals surface area contributed by atoms with Crippen LogP contribution in [-0.2, 0) is 11.3 Å². The fraction of sp³-hybridized carbons (Fsp3) is 0.500. The molecule has 0 bridgehead atoms. The number of fused-ring (bicyclic) bond motifs is 1. The van der Waals surface area contributed by atoms with Crippen LogP contribution in [0, 0.1) is 5.92 Å². The van der Waals surface area contributed by atoms with E-state index in [0.717, 1.165) is 74.5 Å². The van der Waals surface area contributed by atoms with Crippen molar-refractivity contribution >= 4 is 34.4 Å². The summed E-state index contributed by atoms with van der Waals surface area (Å²) in [7, 11) is 2.15. The molecule has 1 aliphatic heterocycles. The molecular weight excluding hydrogens is 416 g/mol. The minimum Gasteiger partial charge on any atom is -0.356 e. The smallest absolute Gasteiger partial charge is 0.229 e. The fourth-order valence-corrected chi connectivity index (χ4v) is 4.30. The first-order valence-corrected chi connectivity index (χ1v) is 11.9. The predicted octanol–water partition coefficient (Wildman–Crippen LogP) is 2.63. The van der Waals surface area contributed by atoms with Crippen molar-refractivity contribution in [3.63, 3.8) is 0 Å². The minimum absolute atomic E-state index is 0.208. The number of amides is 1. The average Bonchev–Trinajstić information content (AvgIpc) is 3.19. The van der Waals surface area contributed by atoms with E-state index < -0.39 is 0 Å². The molecule has 0 radical (unpaired) electrons. The number of anilines is 3. The summed E-state index contributed by atoms with van der Waals surface area (Å²) >= 11 is 0. The number of nitrogens with zero attached hydrogens (tertiary/aromatic N) is 6. The lowest BCUT2D eigenvalue weighted by Crippen LogP contribution is -2.44. The van der Waals surface area contributed by atoms with E-state index in [2.05, 4.69) is 42.0 Å². The molecule has 174 valence electrons. The summed E-state index contributed by atoms with van der Waals surface area (Å²) in [5, 5.41) is 7.34. The lowest BCUT2D eigenvalue weighted by atomic mass is 9.85. The molecule has 1 aliphatic carbocycles. The third-order valence-electron chi connectivity index (χ3n) is 6.68. The molecule has 2 aliphatic rings. The minimum atomic E-state index is 0.208. The van der Waals surface area contributed by atoms with Gasteiger partial charge in [0, 0.05) is 63.0 Å². The molecule has 2 N–H and O–H groups in total. The highest BCUT2D eigenvalue weighted by Crippen LogP contribution is 2.26. The number of pyridine rings is 1. The second-order valence-electron chi connectivity index (χ2n) is 9.07. The van der Waals surface area contributed by atoms with Crippen molar-refractivity contribution < 1.29 is 4.79 Å². The van der Waals surface area contributed by atoms with E-state index in [-0.39, 0.29) is 11.8 Å². The van der Waals surface area contributed by atoms with Crippen molar-refractivity contribution in [2.45, 2.75) is 32.2 Å². The van der Waals surface area contributed by atoms with Crippen LogP contribution in [0.4, 0.5) is 17.5 Å². The third-order valence-corrected chi connectivity index (χ3v) is 6.68. The lowest BCUT2D eigenvalue weighted by Gasteiger charge is -2.33. The Hall–Kier alpha value is -3.20. The Labute approximate surface area is 194 Å². The van der Waals surface area contributed by atoms with Crippen LogP contribution in [0.15, 0.2) is 36.8 Å². The fourth-order valence-electron chi connectivity index (χ4n) is 4.30. The van der Waals surface area contributed by atoms with Crippen LogP contribution in [-0.4, -0.2) is 70.1 Å². The van der Waals surface area contributed by atoms with Crippen LogP contribution in [0.2, 0.25) is 0 Å². The first-order chi connectivity index (χ1) is 16.2. The Balaban J connectivity index is 1.18.